The van der Waals surface area contributed by atoms with Crippen LogP contribution >= 0.6 is 0 Å². The molecule has 1 aliphatic heterocycles. The number of carbonyl (C=O) groups excluding carboxylic acids is 1. The molecule has 2 N–H and O–H groups in total. The van der Waals surface area contributed by atoms with Gasteiger partial charge in [-0.3, -0.25) is 4.79 Å². The van der Waals surface area contributed by atoms with Crippen molar-refractivity contribution in [3.05, 3.63) is 29.8 Å². The Morgan fingerprint density at radius 3 is 2.96 bits per heavy atom. The number of piperidine rings is 1. The molecule has 2 rings (SSSR count). The normalized spacial score (nSPS) is 22.4. The fourth-order valence-corrected chi connectivity index (χ4v) is 3.09. The highest BCUT2D eigenvalue weighted by Crippen LogP contribution is 2.16. The Balaban J connectivity index is 1.77. The monoisotopic (exact) mass is 322 g/mol. The van der Waals surface area contributed by atoms with Crippen LogP contribution in [0.4, 0.5) is 0 Å². The summed E-state index contributed by atoms with van der Waals surface area (Å²) in [6, 6.07) is 7.79. The summed E-state index contributed by atoms with van der Waals surface area (Å²) in [5.74, 6) is 0.670. The maximum absolute atomic E-state index is 11.9. The molecule has 0 bridgehead atoms. The summed E-state index contributed by atoms with van der Waals surface area (Å²) < 4.78 is 10.8. The molecule has 1 aromatic rings. The molecule has 0 aromatic heterocycles. The van der Waals surface area contributed by atoms with Crippen molar-refractivity contribution in [1.29, 1.82) is 0 Å². The van der Waals surface area contributed by atoms with Crippen LogP contribution in [-0.2, 0) is 9.53 Å². The fourth-order valence-electron chi connectivity index (χ4n) is 3.09. The number of quaternary nitrogens is 1. The molecule has 0 saturated carbocycles. The zero-order chi connectivity index (χ0) is 16.7. The molecule has 5 heteroatoms. The van der Waals surface area contributed by atoms with E-state index in [-0.39, 0.29) is 18.5 Å². The first-order valence-electron chi connectivity index (χ1n) is 8.46. The van der Waals surface area contributed by atoms with Gasteiger partial charge in [0.05, 0.1) is 19.7 Å². The average Bonchev–Trinajstić information content (AvgIpc) is 2.54. The highest BCUT2D eigenvalue weighted by atomic mass is 16.5. The summed E-state index contributed by atoms with van der Waals surface area (Å²) >= 11 is 0. The largest absolute Gasteiger partial charge is 0.490 e. The predicted octanol–water partition coefficient (Wildman–Crippen LogP) is 0.593. The summed E-state index contributed by atoms with van der Waals surface area (Å²) in [5, 5.41) is 10.2. The van der Waals surface area contributed by atoms with Crippen molar-refractivity contribution in [3.63, 3.8) is 0 Å². The van der Waals surface area contributed by atoms with Crippen LogP contribution in [0.5, 0.6) is 5.75 Å². The number of aliphatic hydroxyl groups is 1. The van der Waals surface area contributed by atoms with Gasteiger partial charge in [0, 0.05) is 0 Å². The fraction of sp³-hybridized carbons (Fsp3) is 0.611. The number of nitrogens with one attached hydrogen (secondary N) is 1. The first-order valence-corrected chi connectivity index (χ1v) is 8.46. The molecule has 5 nitrogen and oxygen atoms in total. The van der Waals surface area contributed by atoms with Crippen LogP contribution in [0, 0.1) is 12.8 Å². The van der Waals surface area contributed by atoms with Crippen molar-refractivity contribution in [2.45, 2.75) is 32.8 Å². The first kappa shape index (κ1) is 17.8. The Labute approximate surface area is 138 Å². The number of ether oxygens (including phenoxy) is 2. The SMILES string of the molecule is CCOC(=O)[C@@H]1CCC[NH+](C[C@@H](O)COc2ccccc2C)C1. The van der Waals surface area contributed by atoms with Gasteiger partial charge in [-0.1, -0.05) is 18.2 Å². The van der Waals surface area contributed by atoms with Crippen molar-refractivity contribution in [2.75, 3.05) is 32.8 Å². The van der Waals surface area contributed by atoms with E-state index in [2.05, 4.69) is 0 Å². The van der Waals surface area contributed by atoms with Crippen molar-refractivity contribution >= 4 is 5.97 Å². The Hall–Kier alpha value is -1.59. The van der Waals surface area contributed by atoms with Crippen LogP contribution in [0.2, 0.25) is 0 Å². The van der Waals surface area contributed by atoms with Crippen LogP contribution in [0.25, 0.3) is 0 Å². The Morgan fingerprint density at radius 2 is 2.22 bits per heavy atom. The van der Waals surface area contributed by atoms with E-state index in [1.807, 2.05) is 38.1 Å². The van der Waals surface area contributed by atoms with Crippen molar-refractivity contribution in [1.82, 2.24) is 0 Å². The van der Waals surface area contributed by atoms with Gasteiger partial charge in [0.25, 0.3) is 0 Å². The van der Waals surface area contributed by atoms with Gasteiger partial charge in [0.2, 0.25) is 0 Å². The minimum Gasteiger partial charge on any atom is -0.490 e. The first-order chi connectivity index (χ1) is 11.1. The second-order valence-electron chi connectivity index (χ2n) is 6.23. The molecule has 0 amide bonds. The number of para-hydroxylation sites is 1. The summed E-state index contributed by atoms with van der Waals surface area (Å²) in [7, 11) is 0. The number of carbonyl (C=O) groups is 1. The van der Waals surface area contributed by atoms with Crippen LogP contribution in [0.3, 0.4) is 0 Å². The number of aliphatic hydroxyl groups excluding tert-OH is 1. The van der Waals surface area contributed by atoms with E-state index in [9.17, 15) is 9.90 Å². The quantitative estimate of drug-likeness (QED) is 0.722. The van der Waals surface area contributed by atoms with Crippen LogP contribution in [0.1, 0.15) is 25.3 Å². The molecule has 1 unspecified atom stereocenters. The molecule has 23 heavy (non-hydrogen) atoms. The lowest BCUT2D eigenvalue weighted by Crippen LogP contribution is -3.15. The number of hydrogen-bond acceptors (Lipinski definition) is 4. The maximum Gasteiger partial charge on any atom is 0.314 e. The van der Waals surface area contributed by atoms with Gasteiger partial charge in [0.1, 0.15) is 30.9 Å². The minimum absolute atomic E-state index is 0.0387. The van der Waals surface area contributed by atoms with Crippen LogP contribution in [-0.4, -0.2) is 50.0 Å². The molecule has 1 fully saturated rings. The molecule has 0 radical (unpaired) electrons. The third kappa shape index (κ3) is 5.52. The summed E-state index contributed by atoms with van der Waals surface area (Å²) in [5.41, 5.74) is 1.06. The standard InChI is InChI=1S/C18H27NO4/c1-3-22-18(21)15-8-6-10-19(11-15)12-16(20)13-23-17-9-5-4-7-14(17)2/h4-5,7,9,15-16,20H,3,6,8,10-13H2,1-2H3/p+1/t15-,16-/m1/s1. The molecular weight excluding hydrogens is 294 g/mol. The lowest BCUT2D eigenvalue weighted by molar-refractivity contribution is -0.910. The number of likely N-dealkylation sites (tertiary alicyclic amines) is 1. The molecule has 1 saturated heterocycles. The third-order valence-corrected chi connectivity index (χ3v) is 4.29. The summed E-state index contributed by atoms with van der Waals surface area (Å²) in [6.07, 6.45) is 1.34. The zero-order valence-electron chi connectivity index (χ0n) is 14.1. The lowest BCUT2D eigenvalue weighted by Gasteiger charge is -2.30. The molecule has 0 spiro atoms. The number of esters is 1. The van der Waals surface area contributed by atoms with Gasteiger partial charge in [-0.15, -0.1) is 0 Å². The van der Waals surface area contributed by atoms with E-state index < -0.39 is 6.10 Å². The molecule has 1 aromatic carbocycles. The van der Waals surface area contributed by atoms with Gasteiger partial charge >= 0.3 is 5.97 Å². The summed E-state index contributed by atoms with van der Waals surface area (Å²) in [6.45, 7) is 6.84. The van der Waals surface area contributed by atoms with Crippen LogP contribution in [0.15, 0.2) is 24.3 Å². The van der Waals surface area contributed by atoms with E-state index in [1.54, 1.807) is 0 Å². The second-order valence-corrected chi connectivity index (χ2v) is 6.23. The highest BCUT2D eigenvalue weighted by Gasteiger charge is 2.30. The molecule has 1 heterocycles. The Bertz CT molecular complexity index is 506. The van der Waals surface area contributed by atoms with E-state index in [0.29, 0.717) is 13.2 Å². The van der Waals surface area contributed by atoms with Gasteiger partial charge in [-0.2, -0.15) is 0 Å². The topological polar surface area (TPSA) is 60.2 Å². The lowest BCUT2D eigenvalue weighted by atomic mass is 9.98. The second kappa shape index (κ2) is 8.89. The van der Waals surface area contributed by atoms with E-state index in [0.717, 1.165) is 37.2 Å². The van der Waals surface area contributed by atoms with E-state index in [1.165, 1.54) is 4.90 Å². The predicted molar refractivity (Wildman–Crippen MR) is 87.6 cm³/mol. The van der Waals surface area contributed by atoms with Gasteiger partial charge < -0.3 is 19.5 Å². The molecule has 128 valence electrons. The van der Waals surface area contributed by atoms with Gasteiger partial charge in [0.15, 0.2) is 0 Å². The molecule has 0 aliphatic carbocycles. The van der Waals surface area contributed by atoms with E-state index >= 15 is 0 Å². The Kier molecular flexibility index (Phi) is 6.86. The number of rotatable bonds is 7. The number of hydrogen-bond donors (Lipinski definition) is 2. The average molecular weight is 322 g/mol. The number of benzene rings is 1. The molecule has 3 atom stereocenters. The summed E-state index contributed by atoms with van der Waals surface area (Å²) in [4.78, 5) is 13.1. The molecule has 1 aliphatic rings. The van der Waals surface area contributed by atoms with Gasteiger partial charge in [-0.05, 0) is 38.3 Å². The van der Waals surface area contributed by atoms with E-state index in [4.69, 9.17) is 9.47 Å². The van der Waals surface area contributed by atoms with Gasteiger partial charge in [-0.25, -0.2) is 0 Å². The van der Waals surface area contributed by atoms with Crippen molar-refractivity contribution in [2.24, 2.45) is 5.92 Å². The minimum atomic E-state index is -0.537. The van der Waals surface area contributed by atoms with Crippen molar-refractivity contribution < 1.29 is 24.3 Å². The number of aryl methyl sites for hydroxylation is 1. The molecular formula is C18H28NO4+. The Morgan fingerprint density at radius 1 is 1.43 bits per heavy atom. The third-order valence-electron chi connectivity index (χ3n) is 4.29. The van der Waals surface area contributed by atoms with Crippen LogP contribution < -0.4 is 9.64 Å². The zero-order valence-corrected chi connectivity index (χ0v) is 14.1. The highest BCUT2D eigenvalue weighted by molar-refractivity contribution is 5.72. The van der Waals surface area contributed by atoms with Crippen molar-refractivity contribution in [3.8, 4) is 5.75 Å². The maximum atomic E-state index is 11.9. The smallest absolute Gasteiger partial charge is 0.314 e.